The van der Waals surface area contributed by atoms with Crippen LogP contribution < -0.4 is 4.90 Å². The van der Waals surface area contributed by atoms with Crippen molar-refractivity contribution in [2.75, 3.05) is 51.3 Å². The molecule has 1 aliphatic heterocycles. The van der Waals surface area contributed by atoms with Crippen molar-refractivity contribution in [2.45, 2.75) is 6.92 Å². The molecule has 1 aliphatic rings. The molecule has 2 heterocycles. The molecule has 1 saturated heterocycles. The van der Waals surface area contributed by atoms with Gasteiger partial charge in [-0.2, -0.15) is 0 Å². The van der Waals surface area contributed by atoms with Crippen LogP contribution in [-0.2, 0) is 4.74 Å². The lowest BCUT2D eigenvalue weighted by Gasteiger charge is -2.34. The monoisotopic (exact) mass is 285 g/mol. The molecule has 1 N–H and O–H groups in total. The predicted molar refractivity (Wildman–Crippen MR) is 73.9 cm³/mol. The van der Waals surface area contributed by atoms with Gasteiger partial charge in [0.25, 0.3) is 0 Å². The fourth-order valence-corrected chi connectivity index (χ4v) is 3.14. The van der Waals surface area contributed by atoms with Gasteiger partial charge in [0.05, 0.1) is 19.4 Å². The molecule has 0 atom stereocenters. The third-order valence-corrected chi connectivity index (χ3v) is 4.41. The number of β-amino-alcohol motifs (C(OH)–C–C–N with tert-alkyl or cyclic N) is 1. The first-order chi connectivity index (χ1) is 9.15. The molecule has 7 heteroatoms. The summed E-state index contributed by atoms with van der Waals surface area (Å²) in [4.78, 5) is 21.0. The molecule has 6 nitrogen and oxygen atoms in total. The lowest BCUT2D eigenvalue weighted by atomic mass is 10.3. The summed E-state index contributed by atoms with van der Waals surface area (Å²) >= 11 is 1.39. The molecule has 0 amide bonds. The number of thiazole rings is 1. The Labute approximate surface area is 116 Å². The molecule has 19 heavy (non-hydrogen) atoms. The molecule has 0 aliphatic carbocycles. The second kappa shape index (κ2) is 6.31. The molecule has 0 aromatic carbocycles. The van der Waals surface area contributed by atoms with E-state index in [2.05, 4.69) is 14.8 Å². The van der Waals surface area contributed by atoms with Gasteiger partial charge in [0.15, 0.2) is 5.13 Å². The predicted octanol–water partition coefficient (Wildman–Crippen LogP) is 0.352. The third kappa shape index (κ3) is 3.23. The number of hydrogen-bond donors (Lipinski definition) is 1. The molecule has 0 saturated carbocycles. The van der Waals surface area contributed by atoms with Gasteiger partial charge in [-0.15, -0.1) is 0 Å². The number of piperazine rings is 1. The average molecular weight is 285 g/mol. The first-order valence-corrected chi connectivity index (χ1v) is 7.11. The second-order valence-corrected chi connectivity index (χ2v) is 5.43. The van der Waals surface area contributed by atoms with E-state index in [0.29, 0.717) is 4.88 Å². The maximum atomic E-state index is 11.6. The number of rotatable bonds is 4. The van der Waals surface area contributed by atoms with Gasteiger partial charge in [-0.05, 0) is 6.92 Å². The van der Waals surface area contributed by atoms with Gasteiger partial charge in [0.2, 0.25) is 0 Å². The highest BCUT2D eigenvalue weighted by Gasteiger charge is 2.22. The molecule has 1 fully saturated rings. The number of nitrogens with zero attached hydrogens (tertiary/aromatic N) is 3. The summed E-state index contributed by atoms with van der Waals surface area (Å²) in [6.07, 6.45) is 0. The van der Waals surface area contributed by atoms with Crippen LogP contribution in [-0.4, -0.2) is 67.4 Å². The molecule has 0 bridgehead atoms. The molecule has 1 aromatic rings. The normalized spacial score (nSPS) is 16.7. The van der Waals surface area contributed by atoms with Crippen molar-refractivity contribution >= 4 is 22.4 Å². The molecular formula is C12H19N3O3S. The number of carbonyl (C=O) groups excluding carboxylic acids is 1. The van der Waals surface area contributed by atoms with Crippen LogP contribution in [0.3, 0.4) is 0 Å². The first kappa shape index (κ1) is 14.2. The molecule has 0 radical (unpaired) electrons. The van der Waals surface area contributed by atoms with Crippen LogP contribution in [0.2, 0.25) is 0 Å². The number of ether oxygens (including phenoxy) is 1. The summed E-state index contributed by atoms with van der Waals surface area (Å²) in [5, 5.41) is 9.79. The van der Waals surface area contributed by atoms with E-state index in [1.54, 1.807) is 0 Å². The van der Waals surface area contributed by atoms with Crippen molar-refractivity contribution in [1.29, 1.82) is 0 Å². The number of aliphatic hydroxyl groups excluding tert-OH is 1. The summed E-state index contributed by atoms with van der Waals surface area (Å²) < 4.78 is 4.74. The number of esters is 1. The molecule has 106 valence electrons. The quantitative estimate of drug-likeness (QED) is 0.805. The Morgan fingerprint density at radius 2 is 2.11 bits per heavy atom. The van der Waals surface area contributed by atoms with Gasteiger partial charge >= 0.3 is 5.97 Å². The minimum absolute atomic E-state index is 0.197. The molecule has 0 unspecified atom stereocenters. The minimum atomic E-state index is -0.319. The van der Waals surface area contributed by atoms with Crippen molar-refractivity contribution in [1.82, 2.24) is 9.88 Å². The maximum Gasteiger partial charge on any atom is 0.350 e. The van der Waals surface area contributed by atoms with E-state index in [1.165, 1.54) is 18.4 Å². The summed E-state index contributed by atoms with van der Waals surface area (Å²) in [5.74, 6) is -0.319. The largest absolute Gasteiger partial charge is 0.465 e. The molecular weight excluding hydrogens is 266 g/mol. The van der Waals surface area contributed by atoms with E-state index in [-0.39, 0.29) is 12.6 Å². The van der Waals surface area contributed by atoms with Crippen molar-refractivity contribution in [3.05, 3.63) is 10.6 Å². The number of carbonyl (C=O) groups is 1. The fraction of sp³-hybridized carbons (Fsp3) is 0.667. The van der Waals surface area contributed by atoms with Crippen molar-refractivity contribution in [3.8, 4) is 0 Å². The molecule has 0 spiro atoms. The zero-order chi connectivity index (χ0) is 13.8. The van der Waals surface area contributed by atoms with E-state index in [0.717, 1.165) is 43.5 Å². The Balaban J connectivity index is 2.02. The van der Waals surface area contributed by atoms with Crippen LogP contribution in [0.5, 0.6) is 0 Å². The van der Waals surface area contributed by atoms with Gasteiger partial charge in [-0.3, -0.25) is 4.90 Å². The number of aliphatic hydroxyl groups is 1. The SMILES string of the molecule is COC(=O)c1sc(N2CCN(CCO)CC2)nc1C. The van der Waals surface area contributed by atoms with E-state index in [1.807, 2.05) is 6.92 Å². The number of hydrogen-bond acceptors (Lipinski definition) is 7. The van der Waals surface area contributed by atoms with Gasteiger partial charge in [0, 0.05) is 32.7 Å². The van der Waals surface area contributed by atoms with Crippen LogP contribution in [0.1, 0.15) is 15.4 Å². The van der Waals surface area contributed by atoms with Gasteiger partial charge in [-0.25, -0.2) is 9.78 Å². The molecule has 2 rings (SSSR count). The topological polar surface area (TPSA) is 65.9 Å². The number of anilines is 1. The Morgan fingerprint density at radius 3 is 2.68 bits per heavy atom. The zero-order valence-corrected chi connectivity index (χ0v) is 12.1. The van der Waals surface area contributed by atoms with Crippen LogP contribution in [0.4, 0.5) is 5.13 Å². The van der Waals surface area contributed by atoms with Crippen molar-refractivity contribution in [2.24, 2.45) is 0 Å². The van der Waals surface area contributed by atoms with Crippen LogP contribution >= 0.6 is 11.3 Å². The highest BCUT2D eigenvalue weighted by atomic mass is 32.1. The summed E-state index contributed by atoms with van der Waals surface area (Å²) in [5.41, 5.74) is 0.727. The fourth-order valence-electron chi connectivity index (χ4n) is 2.10. The van der Waals surface area contributed by atoms with Crippen molar-refractivity contribution < 1.29 is 14.6 Å². The highest BCUT2D eigenvalue weighted by molar-refractivity contribution is 7.17. The van der Waals surface area contributed by atoms with Gasteiger partial charge in [-0.1, -0.05) is 11.3 Å². The smallest absolute Gasteiger partial charge is 0.350 e. The molecule has 1 aromatic heterocycles. The number of aromatic nitrogens is 1. The lowest BCUT2D eigenvalue weighted by Crippen LogP contribution is -2.47. The van der Waals surface area contributed by atoms with E-state index in [9.17, 15) is 4.79 Å². The maximum absolute atomic E-state index is 11.6. The van der Waals surface area contributed by atoms with Gasteiger partial charge in [0.1, 0.15) is 4.88 Å². The average Bonchev–Trinajstić information content (AvgIpc) is 2.81. The Hall–Kier alpha value is -1.18. The van der Waals surface area contributed by atoms with E-state index < -0.39 is 0 Å². The van der Waals surface area contributed by atoms with Crippen molar-refractivity contribution in [3.63, 3.8) is 0 Å². The standard InChI is InChI=1S/C12H19N3O3S/c1-9-10(11(17)18-2)19-12(13-9)15-5-3-14(4-6-15)7-8-16/h16H,3-8H2,1-2H3. The van der Waals surface area contributed by atoms with Crippen LogP contribution in [0.25, 0.3) is 0 Å². The zero-order valence-electron chi connectivity index (χ0n) is 11.3. The van der Waals surface area contributed by atoms with E-state index >= 15 is 0 Å². The lowest BCUT2D eigenvalue weighted by molar-refractivity contribution is 0.0605. The van der Waals surface area contributed by atoms with Crippen LogP contribution in [0, 0.1) is 6.92 Å². The first-order valence-electron chi connectivity index (χ1n) is 6.29. The highest BCUT2D eigenvalue weighted by Crippen LogP contribution is 2.27. The summed E-state index contributed by atoms with van der Waals surface area (Å²) in [7, 11) is 1.38. The Bertz CT molecular complexity index is 441. The van der Waals surface area contributed by atoms with Gasteiger partial charge < -0.3 is 14.7 Å². The van der Waals surface area contributed by atoms with E-state index in [4.69, 9.17) is 9.84 Å². The third-order valence-electron chi connectivity index (χ3n) is 3.22. The Morgan fingerprint density at radius 1 is 1.42 bits per heavy atom. The second-order valence-electron chi connectivity index (χ2n) is 4.45. The number of aryl methyl sites for hydroxylation is 1. The number of methoxy groups -OCH3 is 1. The summed E-state index contributed by atoms with van der Waals surface area (Å²) in [6, 6.07) is 0. The Kier molecular flexibility index (Phi) is 4.73. The summed E-state index contributed by atoms with van der Waals surface area (Å²) in [6.45, 7) is 6.30. The minimum Gasteiger partial charge on any atom is -0.465 e. The van der Waals surface area contributed by atoms with Crippen LogP contribution in [0.15, 0.2) is 0 Å².